The fourth-order valence-corrected chi connectivity index (χ4v) is 7.60. The second-order valence-electron chi connectivity index (χ2n) is 12.1. The van der Waals surface area contributed by atoms with Gasteiger partial charge in [0.15, 0.2) is 0 Å². The summed E-state index contributed by atoms with van der Waals surface area (Å²) in [4.78, 5) is 53.4. The molecule has 3 amide bonds. The van der Waals surface area contributed by atoms with E-state index in [-0.39, 0.29) is 42.3 Å². The lowest BCUT2D eigenvalue weighted by molar-refractivity contribution is -0.122. The van der Waals surface area contributed by atoms with Gasteiger partial charge in [0.25, 0.3) is 11.8 Å². The van der Waals surface area contributed by atoms with E-state index in [1.54, 1.807) is 23.1 Å². The number of rotatable bonds is 15. The number of benzene rings is 3. The minimum absolute atomic E-state index is 0.0523. The van der Waals surface area contributed by atoms with Gasteiger partial charge in [0.05, 0.1) is 5.54 Å². The van der Waals surface area contributed by atoms with Crippen LogP contribution in [0.15, 0.2) is 109 Å². The summed E-state index contributed by atoms with van der Waals surface area (Å²) in [5.41, 5.74) is 1.49. The Morgan fingerprint density at radius 3 is 2.17 bits per heavy atom. The maximum absolute atomic E-state index is 14.0. The van der Waals surface area contributed by atoms with Crippen molar-refractivity contribution in [3.63, 3.8) is 0 Å². The highest BCUT2D eigenvalue weighted by Gasteiger charge is 2.38. The lowest BCUT2D eigenvalue weighted by atomic mass is 9.76. The minimum Gasteiger partial charge on any atom is -0.343 e. The van der Waals surface area contributed by atoms with Gasteiger partial charge in [-0.2, -0.15) is 0 Å². The van der Waals surface area contributed by atoms with Crippen molar-refractivity contribution in [2.24, 2.45) is 5.92 Å². The van der Waals surface area contributed by atoms with E-state index in [0.717, 1.165) is 24.0 Å². The van der Waals surface area contributed by atoms with Crippen LogP contribution in [0.1, 0.15) is 71.9 Å². The molecule has 0 saturated carbocycles. The summed E-state index contributed by atoms with van der Waals surface area (Å²) in [6, 6.07) is 25.2. The summed E-state index contributed by atoms with van der Waals surface area (Å²) < 4.78 is 14.0. The monoisotopic (exact) mass is 655 g/mol. The predicted octanol–water partition coefficient (Wildman–Crippen LogP) is 6.68. The zero-order chi connectivity index (χ0) is 33.9. The van der Waals surface area contributed by atoms with E-state index in [4.69, 9.17) is 0 Å². The zero-order valence-corrected chi connectivity index (χ0v) is 28.4. The highest BCUT2D eigenvalue weighted by Crippen LogP contribution is 2.47. The lowest BCUT2D eigenvalue weighted by Crippen LogP contribution is -2.49. The van der Waals surface area contributed by atoms with Crippen molar-refractivity contribution >= 4 is 25.1 Å². The lowest BCUT2D eigenvalue weighted by Gasteiger charge is -2.38. The first kappa shape index (κ1) is 35.6. The fourth-order valence-electron chi connectivity index (χ4n) is 5.95. The van der Waals surface area contributed by atoms with E-state index in [1.165, 1.54) is 6.07 Å². The maximum Gasteiger partial charge on any atom is 0.253 e. The number of carbonyl (C=O) groups is 3. The summed E-state index contributed by atoms with van der Waals surface area (Å²) in [5.74, 6) is -2.29. The van der Waals surface area contributed by atoms with Crippen LogP contribution in [0.4, 0.5) is 0 Å². The number of carbonyl (C=O) groups excluding carboxylic acids is 3. The van der Waals surface area contributed by atoms with E-state index in [1.807, 2.05) is 106 Å². The van der Waals surface area contributed by atoms with Crippen molar-refractivity contribution in [1.82, 2.24) is 15.5 Å². The molecule has 4 atom stereocenters. The molecule has 248 valence electrons. The van der Waals surface area contributed by atoms with E-state index in [2.05, 4.69) is 10.6 Å². The van der Waals surface area contributed by atoms with Crippen molar-refractivity contribution in [2.45, 2.75) is 57.8 Å². The molecule has 0 spiro atoms. The van der Waals surface area contributed by atoms with Crippen molar-refractivity contribution in [1.29, 1.82) is 0 Å². The van der Waals surface area contributed by atoms with Crippen LogP contribution in [0, 0.1) is 5.92 Å². The van der Waals surface area contributed by atoms with Crippen molar-refractivity contribution in [3.8, 4) is 0 Å². The summed E-state index contributed by atoms with van der Waals surface area (Å²) in [7, 11) is -4.12. The maximum atomic E-state index is 14.0. The number of amides is 3. The number of hydrogen-bond acceptors (Lipinski definition) is 4. The van der Waals surface area contributed by atoms with Crippen molar-refractivity contribution in [2.75, 3.05) is 19.3 Å². The summed E-state index contributed by atoms with van der Waals surface area (Å²) in [6.07, 6.45) is 9.00. The molecule has 3 aromatic carbocycles. The molecule has 0 radical (unpaired) electrons. The molecule has 4 rings (SSSR count). The fraction of sp³-hybridized carbons (Fsp3) is 0.342. The van der Waals surface area contributed by atoms with Crippen LogP contribution in [0.3, 0.4) is 0 Å². The Hall–Kier alpha value is -4.26. The molecule has 0 bridgehead atoms. The first-order valence-corrected chi connectivity index (χ1v) is 18.3. The number of nitrogens with one attached hydrogen (secondary N) is 2. The van der Waals surface area contributed by atoms with E-state index in [0.29, 0.717) is 18.7 Å². The summed E-state index contributed by atoms with van der Waals surface area (Å²) >= 11 is 0. The third kappa shape index (κ3) is 9.18. The van der Waals surface area contributed by atoms with Gasteiger partial charge in [0.2, 0.25) is 13.3 Å². The molecule has 0 fully saturated rings. The van der Waals surface area contributed by atoms with Crippen LogP contribution in [-0.4, -0.2) is 52.5 Å². The summed E-state index contributed by atoms with van der Waals surface area (Å²) in [6.45, 7) is 7.26. The number of hydrogen-bond donors (Lipinski definition) is 3. The Kier molecular flexibility index (Phi) is 12.5. The largest absolute Gasteiger partial charge is 0.343 e. The highest BCUT2D eigenvalue weighted by atomic mass is 31.2. The third-order valence-corrected chi connectivity index (χ3v) is 10.7. The summed E-state index contributed by atoms with van der Waals surface area (Å²) in [5, 5.41) is 5.92. The Labute approximate surface area is 278 Å². The second-order valence-corrected chi connectivity index (χ2v) is 14.7. The number of allylic oxidation sites excluding steroid dienone is 2. The SMILES string of the molecule is CCCN(CCC)C(=O)c1cccc(C(=O)NC(Cc2ccccc2)P(=O)(O)CCC(=O)NC2(c3ccccc3)C=CC=CC2C)c1. The normalized spacial score (nSPS) is 18.9. The van der Waals surface area contributed by atoms with E-state index >= 15 is 0 Å². The first-order chi connectivity index (χ1) is 22.6. The molecule has 0 saturated heterocycles. The van der Waals surface area contributed by atoms with Crippen molar-refractivity contribution in [3.05, 3.63) is 131 Å². The molecule has 3 N–H and O–H groups in total. The van der Waals surface area contributed by atoms with Gasteiger partial charge in [-0.3, -0.25) is 18.9 Å². The van der Waals surface area contributed by atoms with Crippen LogP contribution < -0.4 is 10.6 Å². The van der Waals surface area contributed by atoms with E-state index in [9.17, 15) is 23.8 Å². The van der Waals surface area contributed by atoms with Gasteiger partial charge in [-0.1, -0.05) is 112 Å². The van der Waals surface area contributed by atoms with Gasteiger partial charge in [0, 0.05) is 49.1 Å². The molecule has 0 aromatic heterocycles. The molecule has 4 unspecified atom stereocenters. The zero-order valence-electron chi connectivity index (χ0n) is 27.5. The molecular formula is C38H46N3O5P. The minimum atomic E-state index is -4.12. The molecular weight excluding hydrogens is 609 g/mol. The van der Waals surface area contributed by atoms with Gasteiger partial charge in [0.1, 0.15) is 5.78 Å². The molecule has 9 heteroatoms. The smallest absolute Gasteiger partial charge is 0.253 e. The molecule has 0 aliphatic heterocycles. The topological polar surface area (TPSA) is 116 Å². The molecule has 1 aliphatic rings. The third-order valence-electron chi connectivity index (χ3n) is 8.55. The molecule has 1 aliphatic carbocycles. The van der Waals surface area contributed by atoms with Crippen LogP contribution in [0.2, 0.25) is 0 Å². The van der Waals surface area contributed by atoms with Gasteiger partial charge < -0.3 is 20.4 Å². The Morgan fingerprint density at radius 1 is 0.894 bits per heavy atom. The average Bonchev–Trinajstić information content (AvgIpc) is 3.08. The molecule has 3 aromatic rings. The standard InChI is InChI=1S/C38H46N3O5P/c1-4-24-41(25-5-2)37(44)32-19-14-18-31(28-32)36(43)39-35(27-30-16-8-6-9-17-30)47(45,46)26-22-34(42)40-38(23-13-12-15-29(38)3)33-20-10-7-11-21-33/h6-21,23,28-29,35H,4-5,22,24-27H2,1-3H3,(H,39,43)(H,40,42)(H,45,46). The Balaban J connectivity index is 1.52. The quantitative estimate of drug-likeness (QED) is 0.158. The van der Waals surface area contributed by atoms with Crippen LogP contribution >= 0.6 is 7.37 Å². The highest BCUT2D eigenvalue weighted by molar-refractivity contribution is 7.58. The van der Waals surface area contributed by atoms with Gasteiger partial charge in [-0.25, -0.2) is 0 Å². The van der Waals surface area contributed by atoms with Crippen molar-refractivity contribution < 1.29 is 23.8 Å². The van der Waals surface area contributed by atoms with E-state index < -0.39 is 24.6 Å². The second kappa shape index (κ2) is 16.5. The molecule has 0 heterocycles. The van der Waals surface area contributed by atoms with Gasteiger partial charge >= 0.3 is 0 Å². The van der Waals surface area contributed by atoms with Gasteiger partial charge in [-0.15, -0.1) is 0 Å². The average molecular weight is 656 g/mol. The Bertz CT molecular complexity index is 1620. The number of nitrogens with zero attached hydrogens (tertiary/aromatic N) is 1. The van der Waals surface area contributed by atoms with Crippen LogP contribution in [-0.2, 0) is 21.3 Å². The van der Waals surface area contributed by atoms with Crippen LogP contribution in [0.25, 0.3) is 0 Å². The Morgan fingerprint density at radius 2 is 1.53 bits per heavy atom. The van der Waals surface area contributed by atoms with Crippen LogP contribution in [0.5, 0.6) is 0 Å². The predicted molar refractivity (Wildman–Crippen MR) is 187 cm³/mol. The molecule has 47 heavy (non-hydrogen) atoms. The molecule has 8 nitrogen and oxygen atoms in total. The first-order valence-electron chi connectivity index (χ1n) is 16.4. The van der Waals surface area contributed by atoms with Gasteiger partial charge in [-0.05, 0) is 42.2 Å².